The summed E-state index contributed by atoms with van der Waals surface area (Å²) in [5.74, 6) is 0.408. The first-order valence-corrected chi connectivity index (χ1v) is 7.03. The number of nitrogens with zero attached hydrogens (tertiary/aromatic N) is 3. The summed E-state index contributed by atoms with van der Waals surface area (Å²) in [5.41, 5.74) is 2.31. The summed E-state index contributed by atoms with van der Waals surface area (Å²) < 4.78 is 0. The minimum Gasteiger partial charge on any atom is -0.369 e. The number of rotatable bonds is 6. The van der Waals surface area contributed by atoms with Gasteiger partial charge in [-0.15, -0.1) is 10.2 Å². The van der Waals surface area contributed by atoms with Crippen LogP contribution >= 0.6 is 0 Å². The molecule has 0 fully saturated rings. The van der Waals surface area contributed by atoms with E-state index in [0.29, 0.717) is 18.1 Å². The molecular formula is C15H19N5O. The number of carbonyl (C=O) groups excluding carboxylic acids is 1. The maximum atomic E-state index is 12.0. The molecule has 1 amide bonds. The first-order chi connectivity index (χ1) is 10.2. The van der Waals surface area contributed by atoms with E-state index < -0.39 is 0 Å². The number of anilines is 1. The van der Waals surface area contributed by atoms with Gasteiger partial charge in [0.2, 0.25) is 0 Å². The number of aromatic nitrogens is 3. The normalized spacial score (nSPS) is 10.2. The van der Waals surface area contributed by atoms with E-state index in [4.69, 9.17) is 0 Å². The van der Waals surface area contributed by atoms with E-state index in [1.165, 1.54) is 0 Å². The van der Waals surface area contributed by atoms with Crippen molar-refractivity contribution in [2.75, 3.05) is 11.9 Å². The summed E-state index contributed by atoms with van der Waals surface area (Å²) in [6.45, 7) is 5.19. The number of pyridine rings is 1. The van der Waals surface area contributed by atoms with Crippen molar-refractivity contribution in [2.45, 2.75) is 26.8 Å². The van der Waals surface area contributed by atoms with E-state index in [0.717, 1.165) is 24.2 Å². The predicted octanol–water partition coefficient (Wildman–Crippen LogP) is 1.80. The Morgan fingerprint density at radius 2 is 2.05 bits per heavy atom. The van der Waals surface area contributed by atoms with Gasteiger partial charge in [-0.3, -0.25) is 9.78 Å². The van der Waals surface area contributed by atoms with E-state index in [1.54, 1.807) is 18.3 Å². The van der Waals surface area contributed by atoms with E-state index in [9.17, 15) is 4.79 Å². The monoisotopic (exact) mass is 285 g/mol. The SMILES string of the molecule is CCNc1ccc(C(=O)NCc2ncccc2CC)nn1. The topological polar surface area (TPSA) is 79.8 Å². The molecule has 0 radical (unpaired) electrons. The van der Waals surface area contributed by atoms with Gasteiger partial charge < -0.3 is 10.6 Å². The largest absolute Gasteiger partial charge is 0.369 e. The van der Waals surface area contributed by atoms with Gasteiger partial charge in [-0.1, -0.05) is 13.0 Å². The van der Waals surface area contributed by atoms with Crippen LogP contribution in [-0.2, 0) is 13.0 Å². The molecule has 6 heteroatoms. The van der Waals surface area contributed by atoms with Crippen LogP contribution in [0.15, 0.2) is 30.5 Å². The van der Waals surface area contributed by atoms with Crippen LogP contribution in [0.25, 0.3) is 0 Å². The summed E-state index contributed by atoms with van der Waals surface area (Å²) in [5, 5.41) is 13.7. The number of hydrogen-bond donors (Lipinski definition) is 2. The molecule has 0 saturated carbocycles. The highest BCUT2D eigenvalue weighted by Crippen LogP contribution is 2.06. The number of carbonyl (C=O) groups is 1. The molecule has 2 heterocycles. The van der Waals surface area contributed by atoms with Crippen LogP contribution in [0.2, 0.25) is 0 Å². The summed E-state index contributed by atoms with van der Waals surface area (Å²) in [4.78, 5) is 16.3. The minimum atomic E-state index is -0.252. The van der Waals surface area contributed by atoms with Crippen molar-refractivity contribution in [3.8, 4) is 0 Å². The van der Waals surface area contributed by atoms with Gasteiger partial charge in [0.25, 0.3) is 5.91 Å². The molecule has 2 aromatic heterocycles. The van der Waals surface area contributed by atoms with Crippen LogP contribution in [-0.4, -0.2) is 27.6 Å². The van der Waals surface area contributed by atoms with Gasteiger partial charge in [-0.25, -0.2) is 0 Å². The Bertz CT molecular complexity index is 597. The van der Waals surface area contributed by atoms with Gasteiger partial charge in [0.15, 0.2) is 5.69 Å². The Balaban J connectivity index is 1.98. The van der Waals surface area contributed by atoms with Crippen molar-refractivity contribution in [1.29, 1.82) is 0 Å². The van der Waals surface area contributed by atoms with Crippen molar-refractivity contribution >= 4 is 11.7 Å². The molecule has 0 aliphatic rings. The lowest BCUT2D eigenvalue weighted by atomic mass is 10.1. The smallest absolute Gasteiger partial charge is 0.272 e. The molecule has 2 rings (SSSR count). The molecule has 0 aliphatic heterocycles. The molecule has 0 unspecified atom stereocenters. The number of amides is 1. The molecule has 0 saturated heterocycles. The zero-order valence-electron chi connectivity index (χ0n) is 12.3. The fourth-order valence-electron chi connectivity index (χ4n) is 1.94. The highest BCUT2D eigenvalue weighted by Gasteiger charge is 2.09. The van der Waals surface area contributed by atoms with Gasteiger partial charge in [0, 0.05) is 12.7 Å². The summed E-state index contributed by atoms with van der Waals surface area (Å²) >= 11 is 0. The first kappa shape index (κ1) is 14.9. The van der Waals surface area contributed by atoms with Crippen LogP contribution in [0.5, 0.6) is 0 Å². The summed E-state index contributed by atoms with van der Waals surface area (Å²) in [6.07, 6.45) is 2.61. The molecule has 0 spiro atoms. The molecule has 6 nitrogen and oxygen atoms in total. The zero-order valence-corrected chi connectivity index (χ0v) is 12.3. The van der Waals surface area contributed by atoms with Crippen LogP contribution in [0.4, 0.5) is 5.82 Å². The van der Waals surface area contributed by atoms with E-state index >= 15 is 0 Å². The van der Waals surface area contributed by atoms with Crippen molar-refractivity contribution in [3.05, 3.63) is 47.4 Å². The Labute approximate surface area is 124 Å². The maximum Gasteiger partial charge on any atom is 0.272 e. The van der Waals surface area contributed by atoms with Gasteiger partial charge in [0.1, 0.15) is 5.82 Å². The fourth-order valence-corrected chi connectivity index (χ4v) is 1.94. The van der Waals surface area contributed by atoms with E-state index in [-0.39, 0.29) is 5.91 Å². The second-order valence-electron chi connectivity index (χ2n) is 4.48. The lowest BCUT2D eigenvalue weighted by Gasteiger charge is -2.08. The second kappa shape index (κ2) is 7.33. The molecule has 2 aromatic rings. The van der Waals surface area contributed by atoms with E-state index in [2.05, 4.69) is 32.7 Å². The molecule has 21 heavy (non-hydrogen) atoms. The summed E-state index contributed by atoms with van der Waals surface area (Å²) in [7, 11) is 0. The standard InChI is InChI=1S/C15H19N5O/c1-3-11-6-5-9-17-13(11)10-18-15(21)12-7-8-14(16-4-2)20-19-12/h5-9H,3-4,10H2,1-2H3,(H,16,20)(H,18,21). The molecule has 0 aromatic carbocycles. The van der Waals surface area contributed by atoms with Crippen LogP contribution in [0, 0.1) is 0 Å². The van der Waals surface area contributed by atoms with Gasteiger partial charge >= 0.3 is 0 Å². The Morgan fingerprint density at radius 3 is 2.71 bits per heavy atom. The molecule has 0 aliphatic carbocycles. The molecular weight excluding hydrogens is 266 g/mol. The molecule has 0 bridgehead atoms. The highest BCUT2D eigenvalue weighted by atomic mass is 16.1. The maximum absolute atomic E-state index is 12.0. The highest BCUT2D eigenvalue weighted by molar-refractivity contribution is 5.92. The Hall–Kier alpha value is -2.50. The number of nitrogens with one attached hydrogen (secondary N) is 2. The third-order valence-electron chi connectivity index (χ3n) is 3.04. The minimum absolute atomic E-state index is 0.252. The Kier molecular flexibility index (Phi) is 5.20. The van der Waals surface area contributed by atoms with Crippen molar-refractivity contribution in [3.63, 3.8) is 0 Å². The van der Waals surface area contributed by atoms with E-state index in [1.807, 2.05) is 19.1 Å². The average molecular weight is 285 g/mol. The lowest BCUT2D eigenvalue weighted by molar-refractivity contribution is 0.0944. The van der Waals surface area contributed by atoms with Crippen molar-refractivity contribution < 1.29 is 4.79 Å². The average Bonchev–Trinajstić information content (AvgIpc) is 2.54. The van der Waals surface area contributed by atoms with Crippen molar-refractivity contribution in [1.82, 2.24) is 20.5 Å². The quantitative estimate of drug-likeness (QED) is 0.846. The third kappa shape index (κ3) is 3.98. The number of hydrogen-bond acceptors (Lipinski definition) is 5. The van der Waals surface area contributed by atoms with Crippen LogP contribution in [0.1, 0.15) is 35.6 Å². The number of aryl methyl sites for hydroxylation is 1. The van der Waals surface area contributed by atoms with Crippen molar-refractivity contribution in [2.24, 2.45) is 0 Å². The van der Waals surface area contributed by atoms with Gasteiger partial charge in [-0.05, 0) is 37.1 Å². The Morgan fingerprint density at radius 1 is 1.19 bits per heavy atom. The lowest BCUT2D eigenvalue weighted by Crippen LogP contribution is -2.25. The van der Waals surface area contributed by atoms with Crippen LogP contribution < -0.4 is 10.6 Å². The second-order valence-corrected chi connectivity index (χ2v) is 4.48. The fraction of sp³-hybridized carbons (Fsp3) is 0.333. The summed E-state index contributed by atoms with van der Waals surface area (Å²) in [6, 6.07) is 7.30. The predicted molar refractivity (Wildman–Crippen MR) is 81.0 cm³/mol. The first-order valence-electron chi connectivity index (χ1n) is 7.03. The van der Waals surface area contributed by atoms with Crippen LogP contribution in [0.3, 0.4) is 0 Å². The zero-order chi connectivity index (χ0) is 15.1. The van der Waals surface area contributed by atoms with Gasteiger partial charge in [0.05, 0.1) is 12.2 Å². The molecule has 2 N–H and O–H groups in total. The molecule has 0 atom stereocenters. The van der Waals surface area contributed by atoms with Gasteiger partial charge in [-0.2, -0.15) is 0 Å². The third-order valence-corrected chi connectivity index (χ3v) is 3.04. The molecule has 110 valence electrons.